The Hall–Kier alpha value is -2.71. The summed E-state index contributed by atoms with van der Waals surface area (Å²) in [6, 6.07) is 15.4. The summed E-state index contributed by atoms with van der Waals surface area (Å²) < 4.78 is 18.0. The third-order valence-corrected chi connectivity index (χ3v) is 5.39. The number of thiazole rings is 1. The average molecular weight is 416 g/mol. The predicted octanol–water partition coefficient (Wildman–Crippen LogP) is 4.61. The molecule has 8 heteroatoms. The molecule has 0 radical (unpaired) electrons. The second-order valence-electron chi connectivity index (χ2n) is 5.77. The normalized spacial score (nSPS) is 11.6. The van der Waals surface area contributed by atoms with Crippen LogP contribution in [0.25, 0.3) is 11.3 Å². The van der Waals surface area contributed by atoms with Crippen LogP contribution in [0.15, 0.2) is 64.9 Å². The smallest absolute Gasteiger partial charge is 0.317 e. The van der Waals surface area contributed by atoms with Gasteiger partial charge in [0.05, 0.1) is 11.4 Å². The molecular formula is C20H17FN2O3S2. The van der Waals surface area contributed by atoms with Gasteiger partial charge in [-0.2, -0.15) is 0 Å². The number of carbonyl (C=O) groups is 2. The number of esters is 1. The fourth-order valence-electron chi connectivity index (χ4n) is 2.24. The summed E-state index contributed by atoms with van der Waals surface area (Å²) in [5.74, 6) is -1.29. The van der Waals surface area contributed by atoms with Crippen LogP contribution in [0.3, 0.4) is 0 Å². The van der Waals surface area contributed by atoms with Crippen LogP contribution >= 0.6 is 23.1 Å². The van der Waals surface area contributed by atoms with Crippen molar-refractivity contribution in [2.45, 2.75) is 17.9 Å². The van der Waals surface area contributed by atoms with Gasteiger partial charge in [0.1, 0.15) is 5.82 Å². The molecule has 28 heavy (non-hydrogen) atoms. The highest BCUT2D eigenvalue weighted by Gasteiger charge is 2.19. The lowest BCUT2D eigenvalue weighted by molar-refractivity contribution is -0.150. The number of halogens is 1. The maximum Gasteiger partial charge on any atom is 0.317 e. The highest BCUT2D eigenvalue weighted by Crippen LogP contribution is 2.25. The van der Waals surface area contributed by atoms with Crippen molar-refractivity contribution in [1.82, 2.24) is 4.98 Å². The molecule has 0 aliphatic heterocycles. The highest BCUT2D eigenvalue weighted by molar-refractivity contribution is 8.00. The first kappa shape index (κ1) is 20.0. The van der Waals surface area contributed by atoms with E-state index in [9.17, 15) is 14.0 Å². The van der Waals surface area contributed by atoms with Crippen LogP contribution in [0, 0.1) is 5.82 Å². The van der Waals surface area contributed by atoms with Crippen LogP contribution in [0.2, 0.25) is 0 Å². The van der Waals surface area contributed by atoms with Gasteiger partial charge in [-0.3, -0.25) is 14.9 Å². The molecule has 144 valence electrons. The molecule has 0 saturated carbocycles. The Labute approximate surface area is 170 Å². The number of amides is 1. The lowest BCUT2D eigenvalue weighted by Gasteiger charge is -2.12. The van der Waals surface area contributed by atoms with E-state index >= 15 is 0 Å². The molecule has 3 rings (SSSR count). The van der Waals surface area contributed by atoms with Gasteiger partial charge in [0.25, 0.3) is 5.91 Å². The van der Waals surface area contributed by atoms with Gasteiger partial charge in [0.15, 0.2) is 11.2 Å². The van der Waals surface area contributed by atoms with Crippen molar-refractivity contribution in [3.8, 4) is 11.3 Å². The van der Waals surface area contributed by atoms with E-state index in [0.29, 0.717) is 5.13 Å². The summed E-state index contributed by atoms with van der Waals surface area (Å²) in [4.78, 5) is 29.3. The van der Waals surface area contributed by atoms with Gasteiger partial charge in [-0.25, -0.2) is 9.37 Å². The van der Waals surface area contributed by atoms with Crippen molar-refractivity contribution in [3.05, 3.63) is 65.8 Å². The van der Waals surface area contributed by atoms with E-state index in [1.165, 1.54) is 42.2 Å². The van der Waals surface area contributed by atoms with E-state index in [1.807, 2.05) is 35.7 Å². The van der Waals surface area contributed by atoms with Crippen LogP contribution < -0.4 is 5.32 Å². The van der Waals surface area contributed by atoms with Gasteiger partial charge >= 0.3 is 5.97 Å². The van der Waals surface area contributed by atoms with Gasteiger partial charge in [-0.15, -0.1) is 23.1 Å². The maximum absolute atomic E-state index is 12.9. The summed E-state index contributed by atoms with van der Waals surface area (Å²) in [6.07, 6.45) is -0.953. The number of hydrogen-bond donors (Lipinski definition) is 1. The molecule has 0 saturated heterocycles. The second-order valence-corrected chi connectivity index (χ2v) is 7.67. The standard InChI is InChI=1S/C20H17FN2O3S2/c1-13(26-18(24)12-27-16-9-7-15(21)8-10-16)19(25)23-20-22-17(11-28-20)14-5-3-2-4-6-14/h2-11,13H,12H2,1H3,(H,22,23,25)/t13-/m0/s1. The van der Waals surface area contributed by atoms with Crippen LogP contribution in [0.1, 0.15) is 6.92 Å². The first-order valence-electron chi connectivity index (χ1n) is 8.41. The Bertz CT molecular complexity index is 946. The summed E-state index contributed by atoms with van der Waals surface area (Å²) in [5, 5.41) is 4.95. The third kappa shape index (κ3) is 5.64. The molecule has 0 spiro atoms. The zero-order chi connectivity index (χ0) is 19.9. The monoisotopic (exact) mass is 416 g/mol. The minimum atomic E-state index is -0.953. The van der Waals surface area contributed by atoms with Gasteiger partial charge in [-0.05, 0) is 31.2 Å². The van der Waals surface area contributed by atoms with Crippen molar-refractivity contribution >= 4 is 40.1 Å². The van der Waals surface area contributed by atoms with Gasteiger partial charge in [0.2, 0.25) is 0 Å². The van der Waals surface area contributed by atoms with E-state index in [-0.39, 0.29) is 11.6 Å². The first-order chi connectivity index (χ1) is 13.5. The van der Waals surface area contributed by atoms with Crippen molar-refractivity contribution in [1.29, 1.82) is 0 Å². The second kappa shape index (κ2) is 9.48. The number of nitrogens with zero attached hydrogens (tertiary/aromatic N) is 1. The van der Waals surface area contributed by atoms with Crippen LogP contribution in [0.5, 0.6) is 0 Å². The van der Waals surface area contributed by atoms with E-state index in [0.717, 1.165) is 16.2 Å². The zero-order valence-corrected chi connectivity index (χ0v) is 16.6. The fourth-order valence-corrected chi connectivity index (χ4v) is 3.64. The molecular weight excluding hydrogens is 399 g/mol. The SMILES string of the molecule is C[C@H](OC(=O)CSc1ccc(F)cc1)C(=O)Nc1nc(-c2ccccc2)cs1. The number of carbonyl (C=O) groups excluding carboxylic acids is 2. The number of aromatic nitrogens is 1. The molecule has 0 bridgehead atoms. The Morgan fingerprint density at radius 2 is 1.89 bits per heavy atom. The third-order valence-electron chi connectivity index (χ3n) is 3.65. The van der Waals surface area contributed by atoms with Gasteiger partial charge < -0.3 is 4.74 Å². The minimum Gasteiger partial charge on any atom is -0.452 e. The summed E-state index contributed by atoms with van der Waals surface area (Å²) in [7, 11) is 0. The summed E-state index contributed by atoms with van der Waals surface area (Å²) >= 11 is 2.51. The molecule has 0 aliphatic rings. The van der Waals surface area contributed by atoms with E-state index in [4.69, 9.17) is 4.74 Å². The Balaban J connectivity index is 1.48. The lowest BCUT2D eigenvalue weighted by atomic mass is 10.2. The topological polar surface area (TPSA) is 68.3 Å². The summed E-state index contributed by atoms with van der Waals surface area (Å²) in [5.41, 5.74) is 1.72. The molecule has 1 atom stereocenters. The average Bonchev–Trinajstić information content (AvgIpc) is 3.16. The highest BCUT2D eigenvalue weighted by atomic mass is 32.2. The first-order valence-corrected chi connectivity index (χ1v) is 10.3. The molecule has 0 fully saturated rings. The van der Waals surface area contributed by atoms with Crippen LogP contribution in [-0.4, -0.2) is 28.7 Å². The van der Waals surface area contributed by atoms with E-state index in [2.05, 4.69) is 10.3 Å². The Kier molecular flexibility index (Phi) is 6.78. The van der Waals surface area contributed by atoms with Crippen molar-refractivity contribution in [3.63, 3.8) is 0 Å². The number of thioether (sulfide) groups is 1. The number of benzene rings is 2. The lowest BCUT2D eigenvalue weighted by Crippen LogP contribution is -2.30. The molecule has 1 amide bonds. The largest absolute Gasteiger partial charge is 0.452 e. The molecule has 2 aromatic carbocycles. The van der Waals surface area contributed by atoms with Crippen molar-refractivity contribution < 1.29 is 18.7 Å². The Morgan fingerprint density at radius 3 is 2.61 bits per heavy atom. The Morgan fingerprint density at radius 1 is 1.18 bits per heavy atom. The molecule has 0 unspecified atom stereocenters. The van der Waals surface area contributed by atoms with Crippen LogP contribution in [0.4, 0.5) is 9.52 Å². The van der Waals surface area contributed by atoms with E-state index in [1.54, 1.807) is 12.1 Å². The van der Waals surface area contributed by atoms with Crippen molar-refractivity contribution in [2.75, 3.05) is 11.1 Å². The minimum absolute atomic E-state index is 0.0264. The molecule has 1 N–H and O–H groups in total. The van der Waals surface area contributed by atoms with Crippen LogP contribution in [-0.2, 0) is 14.3 Å². The predicted molar refractivity (Wildman–Crippen MR) is 109 cm³/mol. The van der Waals surface area contributed by atoms with Gasteiger partial charge in [-0.1, -0.05) is 30.3 Å². The van der Waals surface area contributed by atoms with E-state index < -0.39 is 18.0 Å². The zero-order valence-electron chi connectivity index (χ0n) is 14.9. The quantitative estimate of drug-likeness (QED) is 0.450. The number of nitrogens with one attached hydrogen (secondary N) is 1. The molecule has 5 nitrogen and oxygen atoms in total. The molecule has 3 aromatic rings. The van der Waals surface area contributed by atoms with Crippen molar-refractivity contribution in [2.24, 2.45) is 0 Å². The van der Waals surface area contributed by atoms with Gasteiger partial charge in [0, 0.05) is 15.8 Å². The number of anilines is 1. The molecule has 1 aromatic heterocycles. The maximum atomic E-state index is 12.9. The number of ether oxygens (including phenoxy) is 1. The summed E-state index contributed by atoms with van der Waals surface area (Å²) in [6.45, 7) is 1.50. The molecule has 0 aliphatic carbocycles. The fraction of sp³-hybridized carbons (Fsp3) is 0.150. The molecule has 1 heterocycles. The number of rotatable bonds is 7. The number of hydrogen-bond acceptors (Lipinski definition) is 6.